The molecule has 1 aromatic heterocycles. The molecule has 1 aromatic carbocycles. The van der Waals surface area contributed by atoms with Crippen LogP contribution < -0.4 is 15.0 Å². The number of hydrogen-bond acceptors (Lipinski definition) is 6. The fraction of sp³-hybridized carbons (Fsp3) is 0.400. The summed E-state index contributed by atoms with van der Waals surface area (Å²) in [5.41, 5.74) is 0.794. The van der Waals surface area contributed by atoms with Crippen LogP contribution in [0.2, 0.25) is 0 Å². The monoisotopic (exact) mass is 401 g/mol. The van der Waals surface area contributed by atoms with Crippen molar-refractivity contribution in [3.63, 3.8) is 0 Å². The first kappa shape index (κ1) is 20.4. The van der Waals surface area contributed by atoms with E-state index in [1.165, 1.54) is 25.2 Å². The molecule has 9 nitrogen and oxygen atoms in total. The first-order chi connectivity index (χ1) is 13.9. The summed E-state index contributed by atoms with van der Waals surface area (Å²) in [5, 5.41) is 13.5. The molecule has 154 valence electrons. The molecule has 2 heterocycles. The quantitative estimate of drug-likeness (QED) is 0.775. The third-order valence-corrected chi connectivity index (χ3v) is 4.95. The van der Waals surface area contributed by atoms with Crippen molar-refractivity contribution < 1.29 is 24.2 Å². The Hall–Kier alpha value is -3.36. The number of piperidine rings is 1. The van der Waals surface area contributed by atoms with Gasteiger partial charge in [-0.15, -0.1) is 0 Å². The highest BCUT2D eigenvalue weighted by molar-refractivity contribution is 5.78. The van der Waals surface area contributed by atoms with Gasteiger partial charge in [0.1, 0.15) is 6.54 Å². The van der Waals surface area contributed by atoms with Crippen LogP contribution in [0.15, 0.2) is 35.1 Å². The summed E-state index contributed by atoms with van der Waals surface area (Å²) in [6.45, 7) is 0.386. The maximum atomic E-state index is 12.6. The lowest BCUT2D eigenvalue weighted by Gasteiger charge is -2.30. The molecule has 1 atom stereocenters. The van der Waals surface area contributed by atoms with E-state index in [1.807, 2.05) is 0 Å². The molecule has 3 rings (SSSR count). The molecule has 0 aliphatic carbocycles. The number of methoxy groups -OCH3 is 2. The number of benzene rings is 1. The second-order valence-corrected chi connectivity index (χ2v) is 6.80. The minimum absolute atomic E-state index is 0.151. The molecule has 1 aliphatic rings. The van der Waals surface area contributed by atoms with Gasteiger partial charge in [-0.2, -0.15) is 5.10 Å². The van der Waals surface area contributed by atoms with Crippen LogP contribution in [0.1, 0.15) is 12.8 Å². The average molecular weight is 401 g/mol. The number of rotatable bonds is 6. The minimum atomic E-state index is -0.909. The lowest BCUT2D eigenvalue weighted by atomic mass is 9.98. The number of carboxylic acids is 1. The lowest BCUT2D eigenvalue weighted by Crippen LogP contribution is -2.44. The summed E-state index contributed by atoms with van der Waals surface area (Å²) >= 11 is 0. The van der Waals surface area contributed by atoms with Crippen LogP contribution in [0.5, 0.6) is 11.5 Å². The van der Waals surface area contributed by atoms with E-state index in [1.54, 1.807) is 24.3 Å². The maximum Gasteiger partial charge on any atom is 0.308 e. The second-order valence-electron chi connectivity index (χ2n) is 6.80. The highest BCUT2D eigenvalue weighted by Gasteiger charge is 2.28. The Bertz CT molecular complexity index is 971. The minimum Gasteiger partial charge on any atom is -0.493 e. The van der Waals surface area contributed by atoms with Gasteiger partial charge >= 0.3 is 5.97 Å². The fourth-order valence-electron chi connectivity index (χ4n) is 3.35. The zero-order valence-electron chi connectivity index (χ0n) is 16.3. The number of hydrogen-bond donors (Lipinski definition) is 1. The molecule has 9 heteroatoms. The van der Waals surface area contributed by atoms with Gasteiger partial charge in [-0.1, -0.05) is 0 Å². The summed E-state index contributed by atoms with van der Waals surface area (Å²) in [5.74, 6) is -0.717. The fourth-order valence-corrected chi connectivity index (χ4v) is 3.35. The van der Waals surface area contributed by atoms with Gasteiger partial charge in [-0.05, 0) is 37.1 Å². The van der Waals surface area contributed by atoms with Gasteiger partial charge in [0.05, 0.1) is 25.8 Å². The molecule has 0 saturated carbocycles. The van der Waals surface area contributed by atoms with Crippen LogP contribution in [-0.2, 0) is 16.1 Å². The third kappa shape index (κ3) is 4.56. The third-order valence-electron chi connectivity index (χ3n) is 4.95. The summed E-state index contributed by atoms with van der Waals surface area (Å²) in [4.78, 5) is 37.5. The molecule has 1 fully saturated rings. The van der Waals surface area contributed by atoms with E-state index in [-0.39, 0.29) is 19.0 Å². The van der Waals surface area contributed by atoms with Crippen LogP contribution in [0, 0.1) is 5.92 Å². The second kappa shape index (κ2) is 8.76. The van der Waals surface area contributed by atoms with Gasteiger partial charge in [-0.25, -0.2) is 4.68 Å². The molecule has 0 radical (unpaired) electrons. The number of carbonyl (C=O) groups excluding carboxylic acids is 1. The molecule has 1 aliphatic heterocycles. The summed E-state index contributed by atoms with van der Waals surface area (Å²) in [7, 11) is 3.06. The zero-order valence-corrected chi connectivity index (χ0v) is 16.3. The van der Waals surface area contributed by atoms with E-state index in [4.69, 9.17) is 9.47 Å². The highest BCUT2D eigenvalue weighted by atomic mass is 16.5. The summed E-state index contributed by atoms with van der Waals surface area (Å²) < 4.78 is 11.6. The van der Waals surface area contributed by atoms with Crippen molar-refractivity contribution >= 4 is 11.9 Å². The largest absolute Gasteiger partial charge is 0.493 e. The van der Waals surface area contributed by atoms with E-state index >= 15 is 0 Å². The maximum absolute atomic E-state index is 12.6. The van der Waals surface area contributed by atoms with Crippen molar-refractivity contribution in [3.05, 3.63) is 40.7 Å². The number of ether oxygens (including phenoxy) is 2. The first-order valence-electron chi connectivity index (χ1n) is 9.24. The molecule has 0 spiro atoms. The average Bonchev–Trinajstić information content (AvgIpc) is 2.74. The van der Waals surface area contributed by atoms with Gasteiger partial charge in [0, 0.05) is 24.7 Å². The standard InChI is InChI=1S/C20H23N3O6/c1-28-16-7-5-13(10-17(16)29-2)15-6-8-18(24)23(21-15)12-19(25)22-9-3-4-14(11-22)20(26)27/h5-8,10,14H,3-4,9,11-12H2,1-2H3,(H,26,27)/t14-/m0/s1. The number of nitrogens with zero attached hydrogens (tertiary/aromatic N) is 3. The first-order valence-corrected chi connectivity index (χ1v) is 9.24. The molecular formula is C20H23N3O6. The van der Waals surface area contributed by atoms with Gasteiger partial charge in [0.2, 0.25) is 5.91 Å². The molecule has 0 unspecified atom stereocenters. The van der Waals surface area contributed by atoms with E-state index < -0.39 is 17.4 Å². The van der Waals surface area contributed by atoms with Gasteiger partial charge in [0.15, 0.2) is 11.5 Å². The number of likely N-dealkylation sites (tertiary alicyclic amines) is 1. The van der Waals surface area contributed by atoms with E-state index in [0.29, 0.717) is 42.1 Å². The van der Waals surface area contributed by atoms with Crippen LogP contribution in [-0.4, -0.2) is 59.0 Å². The van der Waals surface area contributed by atoms with Crippen LogP contribution >= 0.6 is 0 Å². The Balaban J connectivity index is 1.82. The van der Waals surface area contributed by atoms with E-state index in [9.17, 15) is 19.5 Å². The Kier molecular flexibility index (Phi) is 6.16. The van der Waals surface area contributed by atoms with Crippen molar-refractivity contribution in [2.45, 2.75) is 19.4 Å². The molecule has 2 aromatic rings. The lowest BCUT2D eigenvalue weighted by molar-refractivity contribution is -0.145. The predicted octanol–water partition coefficient (Wildman–Crippen LogP) is 1.25. The molecular weight excluding hydrogens is 378 g/mol. The van der Waals surface area contributed by atoms with Gasteiger partial charge in [0.25, 0.3) is 5.56 Å². The number of carbonyl (C=O) groups is 2. The Labute approximate surface area is 167 Å². The van der Waals surface area contributed by atoms with Crippen molar-refractivity contribution in [1.82, 2.24) is 14.7 Å². The Morgan fingerprint density at radius 2 is 1.93 bits per heavy atom. The van der Waals surface area contributed by atoms with Crippen molar-refractivity contribution in [2.75, 3.05) is 27.3 Å². The summed E-state index contributed by atoms with van der Waals surface area (Å²) in [6, 6.07) is 8.17. The van der Waals surface area contributed by atoms with Crippen LogP contribution in [0.25, 0.3) is 11.3 Å². The Morgan fingerprint density at radius 1 is 1.17 bits per heavy atom. The SMILES string of the molecule is COc1ccc(-c2ccc(=O)n(CC(=O)N3CCC[C@H](C(=O)O)C3)n2)cc1OC. The molecule has 1 N–H and O–H groups in total. The Morgan fingerprint density at radius 3 is 2.62 bits per heavy atom. The molecule has 0 bridgehead atoms. The predicted molar refractivity (Wildman–Crippen MR) is 104 cm³/mol. The number of aromatic nitrogens is 2. The number of amides is 1. The van der Waals surface area contributed by atoms with Crippen molar-refractivity contribution in [2.24, 2.45) is 5.92 Å². The van der Waals surface area contributed by atoms with Gasteiger partial charge in [-0.3, -0.25) is 14.4 Å². The highest BCUT2D eigenvalue weighted by Crippen LogP contribution is 2.31. The van der Waals surface area contributed by atoms with E-state index in [2.05, 4.69) is 5.10 Å². The summed E-state index contributed by atoms with van der Waals surface area (Å²) in [6.07, 6.45) is 1.17. The smallest absolute Gasteiger partial charge is 0.308 e. The van der Waals surface area contributed by atoms with Crippen molar-refractivity contribution in [1.29, 1.82) is 0 Å². The van der Waals surface area contributed by atoms with Gasteiger partial charge < -0.3 is 19.5 Å². The van der Waals surface area contributed by atoms with E-state index in [0.717, 1.165) is 4.68 Å². The van der Waals surface area contributed by atoms with Crippen LogP contribution in [0.4, 0.5) is 0 Å². The number of carboxylic acid groups (broad SMARTS) is 1. The van der Waals surface area contributed by atoms with Crippen LogP contribution in [0.3, 0.4) is 0 Å². The normalized spacial score (nSPS) is 16.3. The topological polar surface area (TPSA) is 111 Å². The molecule has 1 amide bonds. The molecule has 1 saturated heterocycles. The zero-order chi connectivity index (χ0) is 21.0. The molecule has 29 heavy (non-hydrogen) atoms. The number of aliphatic carboxylic acids is 1. The van der Waals surface area contributed by atoms with Crippen molar-refractivity contribution in [3.8, 4) is 22.8 Å².